The highest BCUT2D eigenvalue weighted by Gasteiger charge is 2.30. The number of hydrogen-bond donors (Lipinski definition) is 1. The summed E-state index contributed by atoms with van der Waals surface area (Å²) >= 11 is 1.18. The molecule has 1 aromatic heterocycles. The number of aromatic nitrogens is 2. The number of sulfone groups is 1. The van der Waals surface area contributed by atoms with Gasteiger partial charge in [0.15, 0.2) is 9.84 Å². The predicted molar refractivity (Wildman–Crippen MR) is 120 cm³/mol. The molecule has 7 nitrogen and oxygen atoms in total. The van der Waals surface area contributed by atoms with Gasteiger partial charge in [0, 0.05) is 12.1 Å². The predicted octanol–water partition coefficient (Wildman–Crippen LogP) is 3.83. The van der Waals surface area contributed by atoms with Crippen LogP contribution in [-0.2, 0) is 21.1 Å². The maximum absolute atomic E-state index is 13.1. The molecule has 162 valence electrons. The number of anilines is 1. The molecule has 2 aromatic carbocycles. The zero-order chi connectivity index (χ0) is 21.8. The zero-order valence-corrected chi connectivity index (χ0v) is 18.7. The van der Waals surface area contributed by atoms with E-state index in [1.54, 1.807) is 0 Å². The number of benzene rings is 2. The molecule has 0 unspecified atom stereocenters. The molecule has 9 heteroatoms. The highest BCUT2D eigenvalue weighted by atomic mass is 32.2. The molecule has 1 amide bonds. The fourth-order valence-electron chi connectivity index (χ4n) is 3.49. The lowest BCUT2D eigenvalue weighted by Crippen LogP contribution is -2.19. The quantitative estimate of drug-likeness (QED) is 0.538. The standard InChI is InChI=1S/C22H23N3O4S2/c1-15-7-9-18(10-8-15)23-21(26)20(17-5-3-2-4-6-17)30-22-25-24-19(29-22)13-16-11-12-31(27,28)14-16/h2-10,16,20H,11-14H2,1H3,(H,23,26)/t16-,20+/m0/s1. The smallest absolute Gasteiger partial charge is 0.277 e. The third-order valence-electron chi connectivity index (χ3n) is 5.12. The van der Waals surface area contributed by atoms with Crippen LogP contribution in [0.2, 0.25) is 0 Å². The van der Waals surface area contributed by atoms with Crippen molar-refractivity contribution in [2.24, 2.45) is 5.92 Å². The number of thioether (sulfide) groups is 1. The van der Waals surface area contributed by atoms with Crippen LogP contribution in [-0.4, -0.2) is 36.0 Å². The van der Waals surface area contributed by atoms with Gasteiger partial charge in [-0.25, -0.2) is 8.42 Å². The minimum atomic E-state index is -2.96. The molecule has 1 aliphatic rings. The average molecular weight is 458 g/mol. The lowest BCUT2D eigenvalue weighted by atomic mass is 10.1. The van der Waals surface area contributed by atoms with Crippen LogP contribution in [0.3, 0.4) is 0 Å². The van der Waals surface area contributed by atoms with Gasteiger partial charge in [0.2, 0.25) is 11.8 Å². The summed E-state index contributed by atoms with van der Waals surface area (Å²) in [4.78, 5) is 13.1. The van der Waals surface area contributed by atoms with Crippen molar-refractivity contribution in [1.82, 2.24) is 10.2 Å². The maximum atomic E-state index is 13.1. The minimum absolute atomic E-state index is 0.00180. The van der Waals surface area contributed by atoms with Crippen molar-refractivity contribution in [3.63, 3.8) is 0 Å². The van der Waals surface area contributed by atoms with E-state index in [0.29, 0.717) is 24.4 Å². The Hall–Kier alpha value is -2.65. The minimum Gasteiger partial charge on any atom is -0.416 e. The molecule has 0 spiro atoms. The van der Waals surface area contributed by atoms with Gasteiger partial charge in [0.1, 0.15) is 5.25 Å². The number of rotatable bonds is 7. The van der Waals surface area contributed by atoms with Crippen molar-refractivity contribution < 1.29 is 17.6 Å². The SMILES string of the molecule is Cc1ccc(NC(=O)[C@H](Sc2nnc(C[C@@H]3CCS(=O)(=O)C3)o2)c2ccccc2)cc1. The van der Waals surface area contributed by atoms with Crippen molar-refractivity contribution >= 4 is 33.2 Å². The summed E-state index contributed by atoms with van der Waals surface area (Å²) in [7, 11) is -2.96. The number of nitrogens with one attached hydrogen (secondary N) is 1. The number of carbonyl (C=O) groups excluding carboxylic acids is 1. The van der Waals surface area contributed by atoms with Gasteiger partial charge in [-0.3, -0.25) is 4.79 Å². The van der Waals surface area contributed by atoms with Crippen LogP contribution in [0.25, 0.3) is 0 Å². The van der Waals surface area contributed by atoms with Crippen molar-refractivity contribution in [3.8, 4) is 0 Å². The van der Waals surface area contributed by atoms with Crippen molar-refractivity contribution in [1.29, 1.82) is 0 Å². The molecule has 0 aliphatic carbocycles. The summed E-state index contributed by atoms with van der Waals surface area (Å²) in [6, 6.07) is 17.0. The molecule has 1 N–H and O–H groups in total. The first-order valence-corrected chi connectivity index (χ1v) is 12.7. The van der Waals surface area contributed by atoms with Crippen LogP contribution in [0.15, 0.2) is 64.2 Å². The second-order valence-corrected chi connectivity index (χ2v) is 11.0. The molecule has 31 heavy (non-hydrogen) atoms. The third kappa shape index (κ3) is 5.74. The normalized spacial score (nSPS) is 18.5. The van der Waals surface area contributed by atoms with Gasteiger partial charge >= 0.3 is 0 Å². The van der Waals surface area contributed by atoms with Gasteiger partial charge in [-0.2, -0.15) is 0 Å². The van der Waals surface area contributed by atoms with Crippen LogP contribution in [0, 0.1) is 12.8 Å². The van der Waals surface area contributed by atoms with E-state index in [2.05, 4.69) is 15.5 Å². The molecule has 1 fully saturated rings. The Bertz CT molecular complexity index is 1150. The van der Waals surface area contributed by atoms with Crippen molar-refractivity contribution in [2.75, 3.05) is 16.8 Å². The molecule has 4 rings (SSSR count). The first kappa shape index (κ1) is 21.6. The fraction of sp³-hybridized carbons (Fsp3) is 0.318. The average Bonchev–Trinajstić information content (AvgIpc) is 3.34. The van der Waals surface area contributed by atoms with E-state index in [1.807, 2.05) is 61.5 Å². The molecule has 0 saturated carbocycles. The third-order valence-corrected chi connectivity index (χ3v) is 8.04. The van der Waals surface area contributed by atoms with Crippen LogP contribution in [0.1, 0.15) is 28.7 Å². The highest BCUT2D eigenvalue weighted by Crippen LogP contribution is 2.36. The van der Waals surface area contributed by atoms with Crippen LogP contribution in [0.4, 0.5) is 5.69 Å². The van der Waals surface area contributed by atoms with Gasteiger partial charge in [-0.05, 0) is 48.7 Å². The Morgan fingerprint density at radius 3 is 2.58 bits per heavy atom. The second kappa shape index (κ2) is 9.23. The highest BCUT2D eigenvalue weighted by molar-refractivity contribution is 8.00. The van der Waals surface area contributed by atoms with Gasteiger partial charge in [0.25, 0.3) is 5.22 Å². The molecule has 2 heterocycles. The van der Waals surface area contributed by atoms with Crippen LogP contribution in [0.5, 0.6) is 0 Å². The molecule has 2 atom stereocenters. The van der Waals surface area contributed by atoms with Crippen LogP contribution < -0.4 is 5.32 Å². The number of hydrogen-bond acceptors (Lipinski definition) is 7. The molecule has 1 saturated heterocycles. The van der Waals surface area contributed by atoms with Gasteiger partial charge in [-0.15, -0.1) is 10.2 Å². The Kier molecular flexibility index (Phi) is 6.43. The lowest BCUT2D eigenvalue weighted by Gasteiger charge is -2.15. The Labute approximate surface area is 185 Å². The van der Waals surface area contributed by atoms with E-state index >= 15 is 0 Å². The Morgan fingerprint density at radius 1 is 1.16 bits per heavy atom. The second-order valence-electron chi connectivity index (χ2n) is 7.70. The van der Waals surface area contributed by atoms with Crippen LogP contribution >= 0.6 is 11.8 Å². The van der Waals surface area contributed by atoms with Gasteiger partial charge in [-0.1, -0.05) is 48.0 Å². The largest absolute Gasteiger partial charge is 0.416 e. The summed E-state index contributed by atoms with van der Waals surface area (Å²) in [6.45, 7) is 1.99. The summed E-state index contributed by atoms with van der Waals surface area (Å²) in [5.41, 5.74) is 2.64. The Balaban J connectivity index is 1.48. The molecular formula is C22H23N3O4S2. The first-order chi connectivity index (χ1) is 14.9. The first-order valence-electron chi connectivity index (χ1n) is 10.00. The van der Waals surface area contributed by atoms with E-state index in [-0.39, 0.29) is 28.6 Å². The lowest BCUT2D eigenvalue weighted by molar-refractivity contribution is -0.115. The van der Waals surface area contributed by atoms with Gasteiger partial charge in [0.05, 0.1) is 11.5 Å². The molecule has 0 radical (unpaired) electrons. The Morgan fingerprint density at radius 2 is 1.90 bits per heavy atom. The molecule has 3 aromatic rings. The summed E-state index contributed by atoms with van der Waals surface area (Å²) < 4.78 is 29.1. The van der Waals surface area contributed by atoms with Crippen molar-refractivity contribution in [2.45, 2.75) is 30.2 Å². The van der Waals surface area contributed by atoms with E-state index in [4.69, 9.17) is 4.42 Å². The topological polar surface area (TPSA) is 102 Å². The molecular weight excluding hydrogens is 434 g/mol. The molecule has 1 aliphatic heterocycles. The van der Waals surface area contributed by atoms with E-state index in [0.717, 1.165) is 11.1 Å². The van der Waals surface area contributed by atoms with E-state index in [1.165, 1.54) is 11.8 Å². The fourth-order valence-corrected chi connectivity index (χ4v) is 6.25. The number of amides is 1. The monoisotopic (exact) mass is 457 g/mol. The number of carbonyl (C=O) groups is 1. The van der Waals surface area contributed by atoms with Crippen molar-refractivity contribution in [3.05, 3.63) is 71.6 Å². The van der Waals surface area contributed by atoms with E-state index < -0.39 is 15.1 Å². The van der Waals surface area contributed by atoms with E-state index in [9.17, 15) is 13.2 Å². The molecule has 0 bridgehead atoms. The maximum Gasteiger partial charge on any atom is 0.277 e. The summed E-state index contributed by atoms with van der Waals surface area (Å²) in [5.74, 6) is 0.571. The summed E-state index contributed by atoms with van der Waals surface area (Å²) in [5, 5.41) is 10.8. The number of nitrogens with zero attached hydrogens (tertiary/aromatic N) is 2. The zero-order valence-electron chi connectivity index (χ0n) is 17.0. The summed E-state index contributed by atoms with van der Waals surface area (Å²) in [6.07, 6.45) is 1.04. The van der Waals surface area contributed by atoms with Gasteiger partial charge < -0.3 is 9.73 Å². The number of aryl methyl sites for hydroxylation is 1.